The number of hydrogen-bond donors (Lipinski definition) is 1. The average molecular weight is 415 g/mol. The first-order valence-electron chi connectivity index (χ1n) is 9.59. The summed E-state index contributed by atoms with van der Waals surface area (Å²) in [6.45, 7) is 5.45. The van der Waals surface area contributed by atoms with E-state index >= 15 is 0 Å². The maximum Gasteiger partial charge on any atom is 0.336 e. The lowest BCUT2D eigenvalue weighted by Gasteiger charge is -2.09. The van der Waals surface area contributed by atoms with Gasteiger partial charge in [-0.05, 0) is 57.2 Å². The molecule has 0 bridgehead atoms. The number of hydrogen-bond acceptors (Lipinski definition) is 7. The number of anilines is 1. The molecule has 0 atom stereocenters. The van der Waals surface area contributed by atoms with E-state index in [1.54, 1.807) is 37.3 Å². The van der Waals surface area contributed by atoms with Crippen LogP contribution in [0.25, 0.3) is 33.3 Å². The van der Waals surface area contributed by atoms with Crippen molar-refractivity contribution < 1.29 is 18.2 Å². The lowest BCUT2D eigenvalue weighted by molar-refractivity contribution is 0.102. The van der Waals surface area contributed by atoms with Gasteiger partial charge in [0, 0.05) is 22.7 Å². The normalized spacial score (nSPS) is 11.3. The van der Waals surface area contributed by atoms with Crippen molar-refractivity contribution in [2.24, 2.45) is 0 Å². The van der Waals surface area contributed by atoms with E-state index in [4.69, 9.17) is 13.4 Å². The van der Waals surface area contributed by atoms with E-state index in [0.717, 1.165) is 11.3 Å². The van der Waals surface area contributed by atoms with Crippen LogP contribution in [-0.4, -0.2) is 16.0 Å². The molecule has 0 aliphatic rings. The van der Waals surface area contributed by atoms with Crippen molar-refractivity contribution in [1.82, 2.24) is 10.1 Å². The smallest absolute Gasteiger partial charge is 0.336 e. The molecule has 4 aromatic heterocycles. The van der Waals surface area contributed by atoms with Crippen LogP contribution in [-0.2, 0) is 0 Å². The van der Waals surface area contributed by atoms with Crippen LogP contribution >= 0.6 is 0 Å². The van der Waals surface area contributed by atoms with Crippen LogP contribution in [0.1, 0.15) is 27.6 Å². The number of rotatable bonds is 3. The first kappa shape index (κ1) is 18.8. The molecule has 5 aromatic rings. The van der Waals surface area contributed by atoms with E-state index in [2.05, 4.69) is 15.5 Å². The average Bonchev–Trinajstić information content (AvgIpc) is 3.28. The number of amides is 1. The van der Waals surface area contributed by atoms with E-state index in [0.29, 0.717) is 44.8 Å². The Kier molecular flexibility index (Phi) is 4.21. The Labute approximate surface area is 175 Å². The molecule has 1 N–H and O–H groups in total. The third-order valence-corrected chi connectivity index (χ3v) is 5.06. The molecule has 154 valence electrons. The molecule has 1 amide bonds. The van der Waals surface area contributed by atoms with E-state index in [9.17, 15) is 9.59 Å². The minimum absolute atomic E-state index is 0.277. The van der Waals surface area contributed by atoms with Gasteiger partial charge in [0.05, 0.1) is 22.3 Å². The van der Waals surface area contributed by atoms with E-state index in [-0.39, 0.29) is 11.6 Å². The van der Waals surface area contributed by atoms with Crippen LogP contribution < -0.4 is 10.9 Å². The predicted octanol–water partition coefficient (Wildman–Crippen LogP) is 4.77. The molecule has 0 saturated carbocycles. The van der Waals surface area contributed by atoms with Crippen LogP contribution in [0.3, 0.4) is 0 Å². The van der Waals surface area contributed by atoms with Gasteiger partial charge in [0.15, 0.2) is 0 Å². The summed E-state index contributed by atoms with van der Waals surface area (Å²) in [4.78, 5) is 29.1. The zero-order valence-corrected chi connectivity index (χ0v) is 17.0. The SMILES string of the molecule is Cc1cc(-c2cc(C(=O)Nc3ccc4oc(=O)ccc4c3)c3c(C)noc3n2)c(C)o1. The summed E-state index contributed by atoms with van der Waals surface area (Å²) in [7, 11) is 0. The van der Waals surface area contributed by atoms with Crippen molar-refractivity contribution in [3.63, 3.8) is 0 Å². The van der Waals surface area contributed by atoms with Gasteiger partial charge in [0.1, 0.15) is 17.1 Å². The minimum atomic E-state index is -0.427. The summed E-state index contributed by atoms with van der Waals surface area (Å²) < 4.78 is 16.1. The Morgan fingerprint density at radius 1 is 1.00 bits per heavy atom. The number of nitrogens with one attached hydrogen (secondary N) is 1. The molecule has 0 radical (unpaired) electrons. The molecule has 1 aromatic carbocycles. The highest BCUT2D eigenvalue weighted by Crippen LogP contribution is 2.31. The standard InChI is InChI=1S/C23H17N3O5/c1-11-8-16(13(3)29-11)18-10-17(21-12(2)26-31-23(21)25-18)22(28)24-15-5-6-19-14(9-15)4-7-20(27)30-19/h4-10H,1-3H3,(H,24,28). The van der Waals surface area contributed by atoms with Gasteiger partial charge in [0.2, 0.25) is 0 Å². The summed E-state index contributed by atoms with van der Waals surface area (Å²) in [5, 5.41) is 8.11. The Bertz CT molecular complexity index is 1540. The fourth-order valence-corrected chi connectivity index (χ4v) is 3.64. The Morgan fingerprint density at radius 3 is 2.61 bits per heavy atom. The molecule has 5 rings (SSSR count). The number of aromatic nitrogens is 2. The quantitative estimate of drug-likeness (QED) is 0.423. The van der Waals surface area contributed by atoms with Crippen molar-refractivity contribution >= 4 is 33.7 Å². The van der Waals surface area contributed by atoms with Crippen LogP contribution in [0, 0.1) is 20.8 Å². The number of benzene rings is 1. The first-order chi connectivity index (χ1) is 14.9. The number of carbonyl (C=O) groups is 1. The van der Waals surface area contributed by atoms with Gasteiger partial charge >= 0.3 is 5.63 Å². The van der Waals surface area contributed by atoms with E-state index in [1.165, 1.54) is 6.07 Å². The third-order valence-electron chi connectivity index (χ3n) is 5.06. The minimum Gasteiger partial charge on any atom is -0.466 e. The maximum atomic E-state index is 13.2. The zero-order chi connectivity index (χ0) is 21.7. The molecule has 0 fully saturated rings. The molecule has 0 aliphatic heterocycles. The summed E-state index contributed by atoms with van der Waals surface area (Å²) in [5.74, 6) is 1.11. The Balaban J connectivity index is 1.59. The van der Waals surface area contributed by atoms with Gasteiger partial charge < -0.3 is 18.7 Å². The van der Waals surface area contributed by atoms with Gasteiger partial charge in [-0.3, -0.25) is 4.79 Å². The summed E-state index contributed by atoms with van der Waals surface area (Å²) >= 11 is 0. The predicted molar refractivity (Wildman–Crippen MR) is 114 cm³/mol. The molecule has 8 nitrogen and oxygen atoms in total. The largest absolute Gasteiger partial charge is 0.466 e. The van der Waals surface area contributed by atoms with Crippen molar-refractivity contribution in [2.45, 2.75) is 20.8 Å². The number of aryl methyl sites for hydroxylation is 3. The number of fused-ring (bicyclic) bond motifs is 2. The van der Waals surface area contributed by atoms with Crippen LogP contribution in [0.2, 0.25) is 0 Å². The maximum absolute atomic E-state index is 13.2. The molecule has 8 heteroatoms. The van der Waals surface area contributed by atoms with Crippen molar-refractivity contribution in [2.75, 3.05) is 5.32 Å². The van der Waals surface area contributed by atoms with Gasteiger partial charge in [-0.1, -0.05) is 5.16 Å². The van der Waals surface area contributed by atoms with Gasteiger partial charge in [-0.15, -0.1) is 0 Å². The molecule has 0 spiro atoms. The molecular formula is C23H17N3O5. The van der Waals surface area contributed by atoms with Crippen molar-refractivity contribution in [1.29, 1.82) is 0 Å². The molecule has 0 saturated heterocycles. The van der Waals surface area contributed by atoms with Gasteiger partial charge in [-0.25, -0.2) is 9.78 Å². The van der Waals surface area contributed by atoms with E-state index < -0.39 is 5.63 Å². The number of furan rings is 1. The summed E-state index contributed by atoms with van der Waals surface area (Å²) in [6, 6.07) is 11.6. The molecule has 0 aliphatic carbocycles. The van der Waals surface area contributed by atoms with Crippen LogP contribution in [0.4, 0.5) is 5.69 Å². The Morgan fingerprint density at radius 2 is 1.84 bits per heavy atom. The van der Waals surface area contributed by atoms with Crippen LogP contribution in [0.5, 0.6) is 0 Å². The number of nitrogens with zero attached hydrogens (tertiary/aromatic N) is 2. The molecule has 4 heterocycles. The summed E-state index contributed by atoms with van der Waals surface area (Å²) in [6.07, 6.45) is 0. The second kappa shape index (κ2) is 6.94. The van der Waals surface area contributed by atoms with Gasteiger partial charge in [0.25, 0.3) is 11.6 Å². The second-order valence-corrected chi connectivity index (χ2v) is 7.29. The van der Waals surface area contributed by atoms with E-state index in [1.807, 2.05) is 19.9 Å². The zero-order valence-electron chi connectivity index (χ0n) is 17.0. The summed E-state index contributed by atoms with van der Waals surface area (Å²) in [5.41, 5.74) is 3.15. The number of carbonyl (C=O) groups excluding carboxylic acids is 1. The topological polar surface area (TPSA) is 111 Å². The highest BCUT2D eigenvalue weighted by atomic mass is 16.5. The lowest BCUT2D eigenvalue weighted by Crippen LogP contribution is -2.13. The van der Waals surface area contributed by atoms with Crippen molar-refractivity contribution in [3.05, 3.63) is 75.7 Å². The fourth-order valence-electron chi connectivity index (χ4n) is 3.64. The monoisotopic (exact) mass is 415 g/mol. The molecule has 0 unspecified atom stereocenters. The Hall–Kier alpha value is -4.20. The highest BCUT2D eigenvalue weighted by Gasteiger charge is 2.21. The van der Waals surface area contributed by atoms with Crippen LogP contribution in [0.15, 0.2) is 60.6 Å². The van der Waals surface area contributed by atoms with Gasteiger partial charge in [-0.2, -0.15) is 0 Å². The number of pyridine rings is 1. The highest BCUT2D eigenvalue weighted by molar-refractivity contribution is 6.13. The first-order valence-corrected chi connectivity index (χ1v) is 9.59. The lowest BCUT2D eigenvalue weighted by atomic mass is 10.1. The third kappa shape index (κ3) is 3.28. The second-order valence-electron chi connectivity index (χ2n) is 7.29. The fraction of sp³-hybridized carbons (Fsp3) is 0.130. The molecule has 31 heavy (non-hydrogen) atoms. The molecular weight excluding hydrogens is 398 g/mol. The van der Waals surface area contributed by atoms with Crippen molar-refractivity contribution in [3.8, 4) is 11.3 Å².